The molecule has 2 aromatic rings. The van der Waals surface area contributed by atoms with Crippen molar-refractivity contribution < 1.29 is 9.59 Å². The van der Waals surface area contributed by atoms with Crippen molar-refractivity contribution in [1.29, 1.82) is 0 Å². The maximum atomic E-state index is 12.3. The molecule has 5 N–H and O–H groups in total. The number of hydrogen-bond donors (Lipinski definition) is 4. The minimum Gasteiger partial charge on any atom is -0.399 e. The maximum Gasteiger partial charge on any atom is 0.254 e. The molecule has 25 heavy (non-hydrogen) atoms. The maximum absolute atomic E-state index is 12.3. The number of anilines is 3. The summed E-state index contributed by atoms with van der Waals surface area (Å²) in [7, 11) is 0. The van der Waals surface area contributed by atoms with Gasteiger partial charge in [-0.15, -0.1) is 0 Å². The van der Waals surface area contributed by atoms with Crippen LogP contribution in [0.5, 0.6) is 0 Å². The fraction of sp³-hybridized carbons (Fsp3) is 0.263. The Labute approximate surface area is 147 Å². The first kappa shape index (κ1) is 18.3. The van der Waals surface area contributed by atoms with E-state index in [9.17, 15) is 9.59 Å². The van der Waals surface area contributed by atoms with Crippen LogP contribution in [0, 0.1) is 6.07 Å². The lowest BCUT2D eigenvalue weighted by Crippen LogP contribution is -2.30. The number of carbonyl (C=O) groups excluding carboxylic acids is 2. The van der Waals surface area contributed by atoms with Gasteiger partial charge in [0.05, 0.1) is 11.3 Å². The molecule has 0 atom stereocenters. The van der Waals surface area contributed by atoms with E-state index in [2.05, 4.69) is 22.0 Å². The summed E-state index contributed by atoms with van der Waals surface area (Å²) in [6.45, 7) is 6.17. The highest BCUT2D eigenvalue weighted by Crippen LogP contribution is 2.24. The molecular formula is C19H23N4O2. The van der Waals surface area contributed by atoms with Crippen LogP contribution < -0.4 is 21.7 Å². The molecule has 6 heteroatoms. The first-order chi connectivity index (χ1) is 11.9. The third-order valence-corrected chi connectivity index (χ3v) is 3.34. The van der Waals surface area contributed by atoms with Crippen LogP contribution in [-0.2, 0) is 0 Å². The molecule has 0 aliphatic carbocycles. The molecule has 131 valence electrons. The van der Waals surface area contributed by atoms with E-state index in [0.717, 1.165) is 0 Å². The van der Waals surface area contributed by atoms with Gasteiger partial charge in [0.1, 0.15) is 0 Å². The van der Waals surface area contributed by atoms with Crippen molar-refractivity contribution in [2.75, 3.05) is 17.6 Å². The van der Waals surface area contributed by atoms with Crippen LogP contribution in [0.25, 0.3) is 0 Å². The molecule has 0 unspecified atom stereocenters. The van der Waals surface area contributed by atoms with E-state index in [1.165, 1.54) is 0 Å². The van der Waals surface area contributed by atoms with Crippen LogP contribution in [-0.4, -0.2) is 24.4 Å². The molecule has 0 fully saturated rings. The van der Waals surface area contributed by atoms with Gasteiger partial charge in [0.25, 0.3) is 11.8 Å². The second kappa shape index (κ2) is 8.19. The lowest BCUT2D eigenvalue weighted by molar-refractivity contribution is 0.0939. The van der Waals surface area contributed by atoms with Crippen molar-refractivity contribution >= 4 is 28.9 Å². The van der Waals surface area contributed by atoms with Gasteiger partial charge in [-0.05, 0) is 51.1 Å². The van der Waals surface area contributed by atoms with Gasteiger partial charge in [0, 0.05) is 29.5 Å². The van der Waals surface area contributed by atoms with Crippen molar-refractivity contribution in [3.8, 4) is 0 Å². The van der Waals surface area contributed by atoms with Gasteiger partial charge in [-0.2, -0.15) is 0 Å². The van der Waals surface area contributed by atoms with Crippen molar-refractivity contribution in [3.63, 3.8) is 0 Å². The summed E-state index contributed by atoms with van der Waals surface area (Å²) in [6.07, 6.45) is 0. The normalized spacial score (nSPS) is 10.4. The Bertz CT molecular complexity index is 772. The number of nitrogen functional groups attached to an aromatic ring is 1. The topological polar surface area (TPSA) is 96.2 Å². The van der Waals surface area contributed by atoms with Gasteiger partial charge in [-0.3, -0.25) is 9.59 Å². The van der Waals surface area contributed by atoms with Crippen LogP contribution in [0.15, 0.2) is 36.4 Å². The summed E-state index contributed by atoms with van der Waals surface area (Å²) in [5.41, 5.74) is 8.43. The molecule has 0 bridgehead atoms. The molecule has 0 saturated heterocycles. The van der Waals surface area contributed by atoms with Gasteiger partial charge in [-0.25, -0.2) is 0 Å². The van der Waals surface area contributed by atoms with Crippen molar-refractivity contribution in [2.45, 2.75) is 26.8 Å². The quantitative estimate of drug-likeness (QED) is 0.608. The highest BCUT2D eigenvalue weighted by atomic mass is 16.2. The third kappa shape index (κ3) is 4.97. The highest BCUT2D eigenvalue weighted by Gasteiger charge is 2.13. The summed E-state index contributed by atoms with van der Waals surface area (Å²) in [6, 6.07) is 13.2. The Hall–Kier alpha value is -3.02. The minimum absolute atomic E-state index is 0.0191. The second-order valence-corrected chi connectivity index (χ2v) is 5.92. The van der Waals surface area contributed by atoms with Crippen LogP contribution in [0.3, 0.4) is 0 Å². The van der Waals surface area contributed by atoms with Gasteiger partial charge >= 0.3 is 0 Å². The molecule has 2 aromatic carbocycles. The van der Waals surface area contributed by atoms with Gasteiger partial charge in [0.2, 0.25) is 0 Å². The third-order valence-electron chi connectivity index (χ3n) is 3.34. The fourth-order valence-corrected chi connectivity index (χ4v) is 2.34. The lowest BCUT2D eigenvalue weighted by atomic mass is 10.1. The van der Waals surface area contributed by atoms with E-state index in [4.69, 9.17) is 5.73 Å². The van der Waals surface area contributed by atoms with E-state index in [1.54, 1.807) is 36.4 Å². The predicted octanol–water partition coefficient (Wildman–Crippen LogP) is 2.70. The Balaban J connectivity index is 2.31. The molecule has 6 nitrogen and oxygen atoms in total. The number of amides is 2. The van der Waals surface area contributed by atoms with Crippen LogP contribution in [0.1, 0.15) is 41.5 Å². The molecule has 0 spiro atoms. The zero-order valence-electron chi connectivity index (χ0n) is 14.6. The number of carbonyl (C=O) groups is 2. The summed E-state index contributed by atoms with van der Waals surface area (Å²) >= 11 is 0. The van der Waals surface area contributed by atoms with Crippen LogP contribution in [0.4, 0.5) is 17.1 Å². The summed E-state index contributed by atoms with van der Waals surface area (Å²) < 4.78 is 0. The van der Waals surface area contributed by atoms with E-state index < -0.39 is 0 Å². The molecule has 0 saturated carbocycles. The molecule has 2 amide bonds. The summed E-state index contributed by atoms with van der Waals surface area (Å²) in [4.78, 5) is 24.4. The van der Waals surface area contributed by atoms with Gasteiger partial charge in [0.15, 0.2) is 0 Å². The Morgan fingerprint density at radius 2 is 1.96 bits per heavy atom. The van der Waals surface area contributed by atoms with E-state index in [1.807, 2.05) is 20.8 Å². The largest absolute Gasteiger partial charge is 0.399 e. The SMILES string of the molecule is CCNC(=O)c1cc(N)cc(Nc2ccc[c]c2C(=O)NC(C)C)c1. The molecule has 2 rings (SSSR count). The Kier molecular flexibility index (Phi) is 6.00. The standard InChI is InChI=1S/C19H23N4O2/c1-4-21-18(24)13-9-14(20)11-15(10-13)23-17-8-6-5-7-16(17)19(25)22-12(2)3/h5-6,8-12,23H,4,20H2,1-3H3,(H,21,24)(H,22,25). The van der Waals surface area contributed by atoms with Crippen molar-refractivity contribution in [2.24, 2.45) is 0 Å². The van der Waals surface area contributed by atoms with E-state index >= 15 is 0 Å². The van der Waals surface area contributed by atoms with Crippen LogP contribution >= 0.6 is 0 Å². The smallest absolute Gasteiger partial charge is 0.254 e. The molecule has 0 aliphatic heterocycles. The predicted molar refractivity (Wildman–Crippen MR) is 100 cm³/mol. The van der Waals surface area contributed by atoms with Crippen molar-refractivity contribution in [3.05, 3.63) is 53.6 Å². The molecule has 0 heterocycles. The molecule has 1 radical (unpaired) electrons. The first-order valence-corrected chi connectivity index (χ1v) is 8.18. The summed E-state index contributed by atoms with van der Waals surface area (Å²) in [5.74, 6) is -0.416. The molecule has 0 aromatic heterocycles. The summed E-state index contributed by atoms with van der Waals surface area (Å²) in [5, 5.41) is 8.74. The number of benzene rings is 2. The highest BCUT2D eigenvalue weighted by molar-refractivity contribution is 6.01. The van der Waals surface area contributed by atoms with E-state index in [0.29, 0.717) is 34.7 Å². The number of rotatable bonds is 6. The fourth-order valence-electron chi connectivity index (χ4n) is 2.34. The molecule has 0 aliphatic rings. The Morgan fingerprint density at radius 1 is 1.20 bits per heavy atom. The average Bonchev–Trinajstić information content (AvgIpc) is 2.54. The average molecular weight is 339 g/mol. The minimum atomic E-state index is -0.217. The number of nitrogens with one attached hydrogen (secondary N) is 3. The first-order valence-electron chi connectivity index (χ1n) is 8.18. The lowest BCUT2D eigenvalue weighted by Gasteiger charge is -2.14. The zero-order chi connectivity index (χ0) is 18.4. The Morgan fingerprint density at radius 3 is 2.64 bits per heavy atom. The number of hydrogen-bond acceptors (Lipinski definition) is 4. The monoisotopic (exact) mass is 339 g/mol. The number of nitrogens with two attached hydrogens (primary N) is 1. The van der Waals surface area contributed by atoms with Gasteiger partial charge in [-0.1, -0.05) is 12.1 Å². The second-order valence-electron chi connectivity index (χ2n) is 5.92. The van der Waals surface area contributed by atoms with Gasteiger partial charge < -0.3 is 21.7 Å². The van der Waals surface area contributed by atoms with Crippen molar-refractivity contribution in [1.82, 2.24) is 10.6 Å². The molecular weight excluding hydrogens is 316 g/mol. The van der Waals surface area contributed by atoms with E-state index in [-0.39, 0.29) is 17.9 Å². The van der Waals surface area contributed by atoms with Crippen LogP contribution in [0.2, 0.25) is 0 Å². The zero-order valence-corrected chi connectivity index (χ0v) is 14.6.